The third kappa shape index (κ3) is 3.13. The van der Waals surface area contributed by atoms with Crippen LogP contribution in [0.5, 0.6) is 0 Å². The first-order chi connectivity index (χ1) is 11.2. The number of hydrazine groups is 1. The zero-order valence-electron chi connectivity index (χ0n) is 12.5. The average Bonchev–Trinajstić information content (AvgIpc) is 2.81. The number of fused-ring (bicyclic) bond motifs is 1. The molecule has 3 rings (SSSR count). The van der Waals surface area contributed by atoms with Crippen LogP contribution in [-0.4, -0.2) is 22.7 Å². The lowest BCUT2D eigenvalue weighted by molar-refractivity contribution is -0.124. The van der Waals surface area contributed by atoms with Gasteiger partial charge in [0, 0.05) is 6.42 Å². The highest BCUT2D eigenvalue weighted by Gasteiger charge is 2.36. The van der Waals surface area contributed by atoms with Gasteiger partial charge in [-0.05, 0) is 30.5 Å². The second kappa shape index (κ2) is 6.44. The molecule has 0 fully saturated rings. The Morgan fingerprint density at radius 2 is 1.43 bits per heavy atom. The monoisotopic (exact) mass is 308 g/mol. The van der Waals surface area contributed by atoms with Gasteiger partial charge < -0.3 is 0 Å². The molecule has 116 valence electrons. The van der Waals surface area contributed by atoms with Gasteiger partial charge >= 0.3 is 0 Å². The fourth-order valence-electron chi connectivity index (χ4n) is 2.57. The number of rotatable bonds is 5. The van der Waals surface area contributed by atoms with Crippen LogP contribution in [0.1, 0.15) is 39.1 Å². The van der Waals surface area contributed by atoms with E-state index in [0.717, 1.165) is 17.0 Å². The van der Waals surface area contributed by atoms with E-state index in [2.05, 4.69) is 5.43 Å². The van der Waals surface area contributed by atoms with Crippen molar-refractivity contribution in [3.63, 3.8) is 0 Å². The third-order valence-corrected chi connectivity index (χ3v) is 3.74. The molecule has 0 aliphatic carbocycles. The molecule has 1 aliphatic rings. The summed E-state index contributed by atoms with van der Waals surface area (Å²) in [5.41, 5.74) is 4.20. The molecule has 0 atom stereocenters. The number of hydrogen-bond acceptors (Lipinski definition) is 3. The number of carbonyl (C=O) groups is 3. The fraction of sp³-hybridized carbons (Fsp3) is 0.167. The molecule has 5 nitrogen and oxygen atoms in total. The topological polar surface area (TPSA) is 66.5 Å². The quantitative estimate of drug-likeness (QED) is 0.862. The molecular weight excluding hydrogens is 292 g/mol. The number of imide groups is 1. The minimum atomic E-state index is -0.484. The number of aryl methyl sites for hydroxylation is 1. The summed E-state index contributed by atoms with van der Waals surface area (Å²) in [5, 5.41) is 0.801. The first-order valence-electron chi connectivity index (χ1n) is 7.48. The summed E-state index contributed by atoms with van der Waals surface area (Å²) in [6.07, 6.45) is 1.68. The molecule has 1 N–H and O–H groups in total. The second-order valence-corrected chi connectivity index (χ2v) is 5.37. The highest BCUT2D eigenvalue weighted by Crippen LogP contribution is 2.20. The molecule has 0 spiro atoms. The first-order valence-corrected chi connectivity index (χ1v) is 7.48. The Morgan fingerprint density at radius 3 is 2.04 bits per heavy atom. The molecule has 0 bridgehead atoms. The van der Waals surface area contributed by atoms with Crippen molar-refractivity contribution in [3.05, 3.63) is 71.3 Å². The number of benzene rings is 2. The van der Waals surface area contributed by atoms with Crippen LogP contribution in [0, 0.1) is 0 Å². The van der Waals surface area contributed by atoms with Crippen LogP contribution >= 0.6 is 0 Å². The molecule has 2 aromatic carbocycles. The molecule has 0 aromatic heterocycles. The Bertz CT molecular complexity index is 721. The predicted octanol–water partition coefficient (Wildman–Crippen LogP) is 2.34. The molecule has 1 heterocycles. The highest BCUT2D eigenvalue weighted by molar-refractivity contribution is 6.21. The van der Waals surface area contributed by atoms with Crippen molar-refractivity contribution in [1.29, 1.82) is 0 Å². The standard InChI is InChI=1S/C18H16N2O3/c21-16(12-6-9-13-7-2-1-3-8-13)19-20-17(22)14-10-4-5-11-15(14)18(20)23/h1-5,7-8,10-11H,6,9,12H2,(H,19,21). The van der Waals surface area contributed by atoms with Gasteiger partial charge in [0.1, 0.15) is 0 Å². The average molecular weight is 308 g/mol. The maximum atomic E-state index is 12.1. The van der Waals surface area contributed by atoms with Gasteiger partial charge in [-0.2, -0.15) is 5.01 Å². The molecule has 23 heavy (non-hydrogen) atoms. The number of carbonyl (C=O) groups excluding carboxylic acids is 3. The van der Waals surface area contributed by atoms with Gasteiger partial charge in [-0.1, -0.05) is 42.5 Å². The Kier molecular flexibility index (Phi) is 4.19. The Morgan fingerprint density at radius 1 is 0.870 bits per heavy atom. The van der Waals surface area contributed by atoms with Crippen LogP contribution in [0.3, 0.4) is 0 Å². The van der Waals surface area contributed by atoms with Crippen LogP contribution in [0.2, 0.25) is 0 Å². The van der Waals surface area contributed by atoms with Gasteiger partial charge in [-0.3, -0.25) is 19.8 Å². The van der Waals surface area contributed by atoms with Gasteiger partial charge in [-0.15, -0.1) is 0 Å². The highest BCUT2D eigenvalue weighted by atomic mass is 16.2. The smallest absolute Gasteiger partial charge is 0.273 e. The molecule has 5 heteroatoms. The van der Waals surface area contributed by atoms with Gasteiger partial charge in [0.25, 0.3) is 11.8 Å². The molecule has 1 aliphatic heterocycles. The van der Waals surface area contributed by atoms with Crippen molar-refractivity contribution in [3.8, 4) is 0 Å². The van der Waals surface area contributed by atoms with E-state index in [4.69, 9.17) is 0 Å². The molecular formula is C18H16N2O3. The molecule has 0 saturated carbocycles. The van der Waals surface area contributed by atoms with Gasteiger partial charge in [0.2, 0.25) is 5.91 Å². The molecule has 0 radical (unpaired) electrons. The minimum absolute atomic E-state index is 0.252. The Labute approximate surface area is 133 Å². The number of nitrogens with zero attached hydrogens (tertiary/aromatic N) is 1. The Balaban J connectivity index is 1.55. The SMILES string of the molecule is O=C(CCCc1ccccc1)NN1C(=O)c2ccccc2C1=O. The van der Waals surface area contributed by atoms with Gasteiger partial charge in [-0.25, -0.2) is 0 Å². The molecule has 0 unspecified atom stereocenters. The zero-order chi connectivity index (χ0) is 16.2. The van der Waals surface area contributed by atoms with Crippen LogP contribution < -0.4 is 5.43 Å². The molecule has 3 amide bonds. The van der Waals surface area contributed by atoms with Crippen molar-refractivity contribution in [1.82, 2.24) is 10.4 Å². The van der Waals surface area contributed by atoms with Crippen LogP contribution in [0.25, 0.3) is 0 Å². The lowest BCUT2D eigenvalue weighted by Crippen LogP contribution is -2.45. The second-order valence-electron chi connectivity index (χ2n) is 5.37. The maximum Gasteiger partial charge on any atom is 0.280 e. The van der Waals surface area contributed by atoms with E-state index < -0.39 is 11.8 Å². The van der Waals surface area contributed by atoms with Crippen LogP contribution in [0.15, 0.2) is 54.6 Å². The van der Waals surface area contributed by atoms with E-state index in [1.807, 2.05) is 30.3 Å². The van der Waals surface area contributed by atoms with E-state index >= 15 is 0 Å². The molecule has 0 saturated heterocycles. The third-order valence-electron chi connectivity index (χ3n) is 3.74. The minimum Gasteiger partial charge on any atom is -0.273 e. The Hall–Kier alpha value is -2.95. The summed E-state index contributed by atoms with van der Waals surface area (Å²) in [4.78, 5) is 36.2. The summed E-state index contributed by atoms with van der Waals surface area (Å²) in [7, 11) is 0. The summed E-state index contributed by atoms with van der Waals surface area (Å²) in [5.74, 6) is -1.31. The lowest BCUT2D eigenvalue weighted by Gasteiger charge is -2.14. The zero-order valence-corrected chi connectivity index (χ0v) is 12.5. The van der Waals surface area contributed by atoms with Crippen molar-refractivity contribution in [2.75, 3.05) is 0 Å². The van der Waals surface area contributed by atoms with Gasteiger partial charge in [0.15, 0.2) is 0 Å². The number of hydrogen-bond donors (Lipinski definition) is 1. The van der Waals surface area contributed by atoms with E-state index in [0.29, 0.717) is 17.5 Å². The van der Waals surface area contributed by atoms with E-state index in [1.54, 1.807) is 24.3 Å². The summed E-state index contributed by atoms with van der Waals surface area (Å²) in [6, 6.07) is 16.4. The van der Waals surface area contributed by atoms with Crippen molar-refractivity contribution in [2.45, 2.75) is 19.3 Å². The van der Waals surface area contributed by atoms with Crippen molar-refractivity contribution in [2.24, 2.45) is 0 Å². The predicted molar refractivity (Wildman–Crippen MR) is 84.5 cm³/mol. The van der Waals surface area contributed by atoms with Crippen molar-refractivity contribution < 1.29 is 14.4 Å². The normalized spacial score (nSPS) is 13.1. The summed E-state index contributed by atoms with van der Waals surface area (Å²) in [6.45, 7) is 0. The summed E-state index contributed by atoms with van der Waals surface area (Å²) < 4.78 is 0. The van der Waals surface area contributed by atoms with E-state index in [-0.39, 0.29) is 12.3 Å². The number of nitrogens with one attached hydrogen (secondary N) is 1. The summed E-state index contributed by atoms with van der Waals surface area (Å²) >= 11 is 0. The van der Waals surface area contributed by atoms with Gasteiger partial charge in [0.05, 0.1) is 11.1 Å². The van der Waals surface area contributed by atoms with Crippen molar-refractivity contribution >= 4 is 17.7 Å². The number of amides is 3. The lowest BCUT2D eigenvalue weighted by atomic mass is 10.1. The van der Waals surface area contributed by atoms with Crippen LogP contribution in [0.4, 0.5) is 0 Å². The molecule has 2 aromatic rings. The van der Waals surface area contributed by atoms with Crippen LogP contribution in [-0.2, 0) is 11.2 Å². The van der Waals surface area contributed by atoms with E-state index in [9.17, 15) is 14.4 Å². The largest absolute Gasteiger partial charge is 0.280 e. The maximum absolute atomic E-state index is 12.1. The van der Waals surface area contributed by atoms with E-state index in [1.165, 1.54) is 0 Å². The first kappa shape index (κ1) is 15.0. The fourth-order valence-corrected chi connectivity index (χ4v) is 2.57.